The molecule has 2 aromatic rings. The van der Waals surface area contributed by atoms with Crippen LogP contribution < -0.4 is 0 Å². The van der Waals surface area contributed by atoms with Gasteiger partial charge in [-0.15, -0.1) is 0 Å². The maximum absolute atomic E-state index is 10.5. The van der Waals surface area contributed by atoms with Crippen LogP contribution in [0, 0.1) is 0 Å². The van der Waals surface area contributed by atoms with E-state index in [1.807, 2.05) is 0 Å². The van der Waals surface area contributed by atoms with Gasteiger partial charge in [0.25, 0.3) is 0 Å². The summed E-state index contributed by atoms with van der Waals surface area (Å²) in [6.07, 6.45) is 3.92. The molecule has 0 fully saturated rings. The highest BCUT2D eigenvalue weighted by atomic mass is 79.9. The van der Waals surface area contributed by atoms with Crippen molar-refractivity contribution < 1.29 is 4.79 Å². The van der Waals surface area contributed by atoms with Gasteiger partial charge in [0.15, 0.2) is 0 Å². The average Bonchev–Trinajstić information content (AvgIpc) is 2.38. The zero-order chi connectivity index (χ0) is 12.1. The molecule has 2 heteroatoms. The third kappa shape index (κ3) is 3.40. The zero-order valence-electron chi connectivity index (χ0n) is 9.60. The van der Waals surface area contributed by atoms with Crippen LogP contribution in [-0.2, 0) is 11.2 Å². The second kappa shape index (κ2) is 5.97. The van der Waals surface area contributed by atoms with Gasteiger partial charge in [-0.3, -0.25) is 0 Å². The lowest BCUT2D eigenvalue weighted by Gasteiger charge is -2.04. The molecule has 0 aromatic heterocycles. The number of benzene rings is 2. The molecule has 0 amide bonds. The van der Waals surface area contributed by atoms with Crippen molar-refractivity contribution in [3.05, 3.63) is 48.0 Å². The SMILES string of the molecule is O=CC(Br)CCCc1ccc2ccccc2c1. The van der Waals surface area contributed by atoms with Crippen LogP contribution in [0.5, 0.6) is 0 Å². The van der Waals surface area contributed by atoms with Gasteiger partial charge in [-0.25, -0.2) is 0 Å². The number of carbonyl (C=O) groups is 1. The Hall–Kier alpha value is -1.15. The molecule has 0 bridgehead atoms. The lowest BCUT2D eigenvalue weighted by Crippen LogP contribution is -1.99. The molecule has 0 spiro atoms. The summed E-state index contributed by atoms with van der Waals surface area (Å²) in [5.74, 6) is 0. The first kappa shape index (κ1) is 12.3. The highest BCUT2D eigenvalue weighted by molar-refractivity contribution is 9.09. The fourth-order valence-corrected chi connectivity index (χ4v) is 2.29. The van der Waals surface area contributed by atoms with Gasteiger partial charge in [0.2, 0.25) is 0 Å². The minimum atomic E-state index is 0.00274. The average molecular weight is 291 g/mol. The Labute approximate surface area is 110 Å². The first-order chi connectivity index (χ1) is 8.29. The standard InChI is InChI=1S/C15H15BrO/c16-15(11-17)7-3-4-12-8-9-13-5-1-2-6-14(13)10-12/h1-2,5-6,8-11,15H,3-4,7H2. The van der Waals surface area contributed by atoms with Crippen molar-refractivity contribution in [2.45, 2.75) is 24.1 Å². The third-order valence-electron chi connectivity index (χ3n) is 2.91. The molecular formula is C15H15BrO. The minimum absolute atomic E-state index is 0.00274. The van der Waals surface area contributed by atoms with Crippen molar-refractivity contribution in [3.8, 4) is 0 Å². The molecule has 0 aliphatic rings. The summed E-state index contributed by atoms with van der Waals surface area (Å²) in [6.45, 7) is 0. The van der Waals surface area contributed by atoms with E-state index in [1.165, 1.54) is 16.3 Å². The Morgan fingerprint density at radius 1 is 1.12 bits per heavy atom. The van der Waals surface area contributed by atoms with Crippen LogP contribution in [0.1, 0.15) is 18.4 Å². The van der Waals surface area contributed by atoms with Gasteiger partial charge < -0.3 is 4.79 Å². The number of halogens is 1. The topological polar surface area (TPSA) is 17.1 Å². The quantitative estimate of drug-likeness (QED) is 0.598. The third-order valence-corrected chi connectivity index (χ3v) is 3.58. The summed E-state index contributed by atoms with van der Waals surface area (Å²) >= 11 is 3.32. The van der Waals surface area contributed by atoms with E-state index in [-0.39, 0.29) is 4.83 Å². The van der Waals surface area contributed by atoms with Crippen molar-refractivity contribution in [2.75, 3.05) is 0 Å². The molecular weight excluding hydrogens is 276 g/mol. The van der Waals surface area contributed by atoms with E-state index in [1.54, 1.807) is 0 Å². The molecule has 0 aliphatic carbocycles. The molecule has 88 valence electrons. The maximum atomic E-state index is 10.5. The molecule has 0 saturated heterocycles. The Bertz CT molecular complexity index is 507. The first-order valence-electron chi connectivity index (χ1n) is 5.86. The lowest BCUT2D eigenvalue weighted by molar-refractivity contribution is -0.107. The molecule has 0 N–H and O–H groups in total. The van der Waals surface area contributed by atoms with Gasteiger partial charge in [-0.1, -0.05) is 58.4 Å². The van der Waals surface area contributed by atoms with E-state index in [0.717, 1.165) is 25.5 Å². The summed E-state index contributed by atoms with van der Waals surface area (Å²) in [6, 6.07) is 15.0. The second-order valence-electron chi connectivity index (χ2n) is 4.23. The van der Waals surface area contributed by atoms with E-state index in [4.69, 9.17) is 0 Å². The second-order valence-corrected chi connectivity index (χ2v) is 5.40. The number of hydrogen-bond donors (Lipinski definition) is 0. The number of fused-ring (bicyclic) bond motifs is 1. The summed E-state index contributed by atoms with van der Waals surface area (Å²) in [5.41, 5.74) is 1.34. The fourth-order valence-electron chi connectivity index (χ4n) is 1.96. The van der Waals surface area contributed by atoms with Crippen LogP contribution in [0.25, 0.3) is 10.8 Å². The predicted molar refractivity (Wildman–Crippen MR) is 75.7 cm³/mol. The summed E-state index contributed by atoms with van der Waals surface area (Å²) in [5, 5.41) is 2.57. The van der Waals surface area contributed by atoms with Crippen LogP contribution in [0.3, 0.4) is 0 Å². The number of hydrogen-bond acceptors (Lipinski definition) is 1. The Balaban J connectivity index is 2.02. The molecule has 0 radical (unpaired) electrons. The predicted octanol–water partition coefficient (Wildman–Crippen LogP) is 4.12. The van der Waals surface area contributed by atoms with E-state index < -0.39 is 0 Å². The van der Waals surface area contributed by atoms with Crippen molar-refractivity contribution in [1.29, 1.82) is 0 Å². The highest BCUT2D eigenvalue weighted by Crippen LogP contribution is 2.17. The number of rotatable bonds is 5. The molecule has 17 heavy (non-hydrogen) atoms. The number of carbonyl (C=O) groups excluding carboxylic acids is 1. The van der Waals surface area contributed by atoms with Gasteiger partial charge in [-0.05, 0) is 35.6 Å². The van der Waals surface area contributed by atoms with E-state index in [9.17, 15) is 4.79 Å². The molecule has 2 aromatic carbocycles. The molecule has 2 rings (SSSR count). The number of alkyl halides is 1. The van der Waals surface area contributed by atoms with E-state index in [0.29, 0.717) is 0 Å². The van der Waals surface area contributed by atoms with Crippen LogP contribution in [-0.4, -0.2) is 11.1 Å². The smallest absolute Gasteiger partial charge is 0.133 e. The van der Waals surface area contributed by atoms with Crippen molar-refractivity contribution in [3.63, 3.8) is 0 Å². The van der Waals surface area contributed by atoms with Gasteiger partial charge in [-0.2, -0.15) is 0 Å². The van der Waals surface area contributed by atoms with Crippen LogP contribution in [0.4, 0.5) is 0 Å². The van der Waals surface area contributed by atoms with E-state index >= 15 is 0 Å². The lowest BCUT2D eigenvalue weighted by atomic mass is 10.0. The van der Waals surface area contributed by atoms with Crippen molar-refractivity contribution in [2.24, 2.45) is 0 Å². The van der Waals surface area contributed by atoms with Crippen molar-refractivity contribution >= 4 is 33.0 Å². The fraction of sp³-hybridized carbons (Fsp3) is 0.267. The molecule has 1 unspecified atom stereocenters. The van der Waals surface area contributed by atoms with Gasteiger partial charge in [0.1, 0.15) is 6.29 Å². The first-order valence-corrected chi connectivity index (χ1v) is 6.78. The normalized spacial score (nSPS) is 12.5. The monoisotopic (exact) mass is 290 g/mol. The molecule has 1 atom stereocenters. The van der Waals surface area contributed by atoms with Gasteiger partial charge >= 0.3 is 0 Å². The van der Waals surface area contributed by atoms with Crippen LogP contribution in [0.2, 0.25) is 0 Å². The zero-order valence-corrected chi connectivity index (χ0v) is 11.2. The largest absolute Gasteiger partial charge is 0.302 e. The summed E-state index contributed by atoms with van der Waals surface area (Å²) in [4.78, 5) is 10.5. The van der Waals surface area contributed by atoms with E-state index in [2.05, 4.69) is 58.4 Å². The highest BCUT2D eigenvalue weighted by Gasteiger charge is 2.02. The number of aryl methyl sites for hydroxylation is 1. The maximum Gasteiger partial charge on any atom is 0.133 e. The molecule has 0 aliphatic heterocycles. The molecule has 1 nitrogen and oxygen atoms in total. The minimum Gasteiger partial charge on any atom is -0.302 e. The van der Waals surface area contributed by atoms with Crippen LogP contribution in [0.15, 0.2) is 42.5 Å². The molecule has 0 heterocycles. The summed E-state index contributed by atoms with van der Waals surface area (Å²) < 4.78 is 0. The Kier molecular flexibility index (Phi) is 4.32. The van der Waals surface area contributed by atoms with Crippen LogP contribution >= 0.6 is 15.9 Å². The Morgan fingerprint density at radius 2 is 1.88 bits per heavy atom. The molecule has 0 saturated carbocycles. The van der Waals surface area contributed by atoms with Gasteiger partial charge in [0.05, 0.1) is 4.83 Å². The Morgan fingerprint density at radius 3 is 2.65 bits per heavy atom. The number of aldehydes is 1. The van der Waals surface area contributed by atoms with Gasteiger partial charge in [0, 0.05) is 0 Å². The summed E-state index contributed by atoms with van der Waals surface area (Å²) in [7, 11) is 0. The van der Waals surface area contributed by atoms with Crippen molar-refractivity contribution in [1.82, 2.24) is 0 Å².